The quantitative estimate of drug-likeness (QED) is 0.564. The molecule has 0 saturated carbocycles. The Morgan fingerprint density at radius 3 is 2.61 bits per heavy atom. The van der Waals surface area contributed by atoms with E-state index in [1.807, 2.05) is 6.92 Å². The number of thiazole rings is 1. The standard InChI is InChI=1S/C17H15F4N5OS/c1-2-5-24-15(27)12-11(22)7-3-4-9(18)10(8(7)6-25-12)13-14(17(19,20)21)26-16(23)28-13/h3-4,6H,2,5,22H2,1H3,(H2,23,26)(H,24,27). The predicted molar refractivity (Wildman–Crippen MR) is 99.3 cm³/mol. The first kappa shape index (κ1) is 19.8. The van der Waals surface area contributed by atoms with Crippen molar-refractivity contribution in [1.82, 2.24) is 15.3 Å². The molecule has 28 heavy (non-hydrogen) atoms. The molecule has 0 spiro atoms. The van der Waals surface area contributed by atoms with Crippen LogP contribution in [0.25, 0.3) is 21.2 Å². The van der Waals surface area contributed by atoms with Crippen molar-refractivity contribution in [2.45, 2.75) is 19.5 Å². The minimum Gasteiger partial charge on any atom is -0.396 e. The number of carbonyl (C=O) groups is 1. The number of nitrogen functional groups attached to an aromatic ring is 2. The topological polar surface area (TPSA) is 107 Å². The van der Waals surface area contributed by atoms with Gasteiger partial charge in [-0.05, 0) is 18.6 Å². The van der Waals surface area contributed by atoms with Crippen LogP contribution < -0.4 is 16.8 Å². The summed E-state index contributed by atoms with van der Waals surface area (Å²) in [5.41, 5.74) is 9.66. The van der Waals surface area contributed by atoms with Gasteiger partial charge in [-0.25, -0.2) is 14.4 Å². The summed E-state index contributed by atoms with van der Waals surface area (Å²) in [6.45, 7) is 2.27. The van der Waals surface area contributed by atoms with Crippen molar-refractivity contribution in [2.24, 2.45) is 0 Å². The average Bonchev–Trinajstić information content (AvgIpc) is 3.01. The Morgan fingerprint density at radius 1 is 1.25 bits per heavy atom. The third kappa shape index (κ3) is 3.44. The second-order valence-electron chi connectivity index (χ2n) is 5.89. The number of alkyl halides is 3. The fourth-order valence-corrected chi connectivity index (χ4v) is 3.63. The smallest absolute Gasteiger partial charge is 0.396 e. The molecule has 0 aliphatic carbocycles. The zero-order chi connectivity index (χ0) is 20.6. The first-order valence-corrected chi connectivity index (χ1v) is 8.95. The van der Waals surface area contributed by atoms with Crippen molar-refractivity contribution >= 4 is 38.8 Å². The second-order valence-corrected chi connectivity index (χ2v) is 6.92. The van der Waals surface area contributed by atoms with E-state index in [-0.39, 0.29) is 32.8 Å². The molecule has 11 heteroatoms. The minimum absolute atomic E-state index is 0.0266. The van der Waals surface area contributed by atoms with Crippen LogP contribution >= 0.6 is 11.3 Å². The molecule has 0 radical (unpaired) electrons. The number of carbonyl (C=O) groups excluding carboxylic acids is 1. The van der Waals surface area contributed by atoms with E-state index in [1.54, 1.807) is 0 Å². The van der Waals surface area contributed by atoms with Crippen molar-refractivity contribution < 1.29 is 22.4 Å². The van der Waals surface area contributed by atoms with Gasteiger partial charge in [0.25, 0.3) is 5.91 Å². The Kier molecular flexibility index (Phi) is 5.11. The highest BCUT2D eigenvalue weighted by Gasteiger charge is 2.39. The van der Waals surface area contributed by atoms with Crippen molar-refractivity contribution in [3.05, 3.63) is 35.5 Å². The highest BCUT2D eigenvalue weighted by atomic mass is 32.1. The summed E-state index contributed by atoms with van der Waals surface area (Å²) in [4.78, 5) is 19.0. The highest BCUT2D eigenvalue weighted by molar-refractivity contribution is 7.19. The molecule has 6 nitrogen and oxygen atoms in total. The lowest BCUT2D eigenvalue weighted by Gasteiger charge is -2.13. The number of fused-ring (bicyclic) bond motifs is 1. The van der Waals surface area contributed by atoms with Crippen LogP contribution in [-0.2, 0) is 6.18 Å². The number of aromatic nitrogens is 2. The van der Waals surface area contributed by atoms with Crippen LogP contribution in [0, 0.1) is 5.82 Å². The summed E-state index contributed by atoms with van der Waals surface area (Å²) in [5, 5.41) is 2.49. The highest BCUT2D eigenvalue weighted by Crippen LogP contribution is 2.45. The number of benzene rings is 1. The van der Waals surface area contributed by atoms with Crippen LogP contribution in [-0.4, -0.2) is 22.4 Å². The molecule has 2 heterocycles. The SMILES string of the molecule is CCCNC(=O)c1ncc2c(-c3sc(N)nc3C(F)(F)F)c(F)ccc2c1N. The molecule has 3 aromatic rings. The third-order valence-corrected chi connectivity index (χ3v) is 4.85. The number of anilines is 2. The lowest BCUT2D eigenvalue weighted by molar-refractivity contribution is -0.140. The molecule has 1 amide bonds. The van der Waals surface area contributed by atoms with Gasteiger partial charge in [0.2, 0.25) is 0 Å². The number of hydrogen-bond donors (Lipinski definition) is 3. The summed E-state index contributed by atoms with van der Waals surface area (Å²) in [5.74, 6) is -1.43. The van der Waals surface area contributed by atoms with Crippen molar-refractivity contribution in [3.63, 3.8) is 0 Å². The summed E-state index contributed by atoms with van der Waals surface area (Å²) >= 11 is 0.510. The van der Waals surface area contributed by atoms with Gasteiger partial charge in [0.05, 0.1) is 10.6 Å². The van der Waals surface area contributed by atoms with Crippen LogP contribution in [0.5, 0.6) is 0 Å². The number of amides is 1. The van der Waals surface area contributed by atoms with E-state index in [1.165, 1.54) is 6.07 Å². The normalized spacial score (nSPS) is 11.8. The van der Waals surface area contributed by atoms with Gasteiger partial charge in [0.15, 0.2) is 16.5 Å². The Bertz CT molecular complexity index is 1060. The first-order chi connectivity index (χ1) is 13.1. The summed E-state index contributed by atoms with van der Waals surface area (Å²) in [6.07, 6.45) is -3.00. The summed E-state index contributed by atoms with van der Waals surface area (Å²) < 4.78 is 54.5. The largest absolute Gasteiger partial charge is 0.434 e. The molecule has 5 N–H and O–H groups in total. The Labute approximate surface area is 160 Å². The van der Waals surface area contributed by atoms with E-state index in [4.69, 9.17) is 11.5 Å². The Morgan fingerprint density at radius 2 is 1.96 bits per heavy atom. The van der Waals surface area contributed by atoms with Crippen LogP contribution in [0.1, 0.15) is 29.5 Å². The number of nitrogens with one attached hydrogen (secondary N) is 1. The molecular weight excluding hydrogens is 398 g/mol. The maximum absolute atomic E-state index is 14.6. The summed E-state index contributed by atoms with van der Waals surface area (Å²) in [7, 11) is 0. The molecule has 0 aliphatic heterocycles. The first-order valence-electron chi connectivity index (χ1n) is 8.13. The van der Waals surface area contributed by atoms with Gasteiger partial charge in [0, 0.05) is 29.1 Å². The van der Waals surface area contributed by atoms with Crippen LogP contribution in [0.4, 0.5) is 28.4 Å². The van der Waals surface area contributed by atoms with E-state index >= 15 is 0 Å². The van der Waals surface area contributed by atoms with E-state index in [0.29, 0.717) is 24.3 Å². The van der Waals surface area contributed by atoms with Gasteiger partial charge in [-0.2, -0.15) is 13.2 Å². The van der Waals surface area contributed by atoms with E-state index in [2.05, 4.69) is 15.3 Å². The molecule has 1 aromatic carbocycles. The number of nitrogens with two attached hydrogens (primary N) is 2. The number of rotatable bonds is 4. The maximum Gasteiger partial charge on any atom is 0.434 e. The van der Waals surface area contributed by atoms with Crippen molar-refractivity contribution in [3.8, 4) is 10.4 Å². The van der Waals surface area contributed by atoms with Gasteiger partial charge >= 0.3 is 6.18 Å². The Balaban J connectivity index is 2.25. The number of pyridine rings is 1. The number of hydrogen-bond acceptors (Lipinski definition) is 6. The van der Waals surface area contributed by atoms with Gasteiger partial charge in [-0.1, -0.05) is 18.3 Å². The number of halogens is 4. The van der Waals surface area contributed by atoms with Crippen molar-refractivity contribution in [1.29, 1.82) is 0 Å². The zero-order valence-corrected chi connectivity index (χ0v) is 15.3. The van der Waals surface area contributed by atoms with E-state index in [9.17, 15) is 22.4 Å². The van der Waals surface area contributed by atoms with Crippen LogP contribution in [0.2, 0.25) is 0 Å². The Hall–Kier alpha value is -2.95. The van der Waals surface area contributed by atoms with Crippen LogP contribution in [0.3, 0.4) is 0 Å². The van der Waals surface area contributed by atoms with E-state index in [0.717, 1.165) is 12.3 Å². The molecule has 0 bridgehead atoms. The average molecular weight is 413 g/mol. The molecule has 0 atom stereocenters. The lowest BCUT2D eigenvalue weighted by atomic mass is 10.0. The zero-order valence-electron chi connectivity index (χ0n) is 14.5. The van der Waals surface area contributed by atoms with Gasteiger partial charge in [-0.15, -0.1) is 0 Å². The molecule has 148 valence electrons. The molecular formula is C17H15F4N5OS. The van der Waals surface area contributed by atoms with Crippen molar-refractivity contribution in [2.75, 3.05) is 18.0 Å². The van der Waals surface area contributed by atoms with Gasteiger partial charge < -0.3 is 16.8 Å². The third-order valence-electron chi connectivity index (χ3n) is 3.95. The predicted octanol–water partition coefficient (Wildman–Crippen LogP) is 3.82. The maximum atomic E-state index is 14.6. The molecule has 3 rings (SSSR count). The van der Waals surface area contributed by atoms with Gasteiger partial charge in [-0.3, -0.25) is 4.79 Å². The van der Waals surface area contributed by atoms with Crippen LogP contribution in [0.15, 0.2) is 18.3 Å². The van der Waals surface area contributed by atoms with Gasteiger partial charge in [0.1, 0.15) is 5.82 Å². The molecule has 0 unspecified atom stereocenters. The number of nitrogens with zero attached hydrogens (tertiary/aromatic N) is 2. The second kappa shape index (κ2) is 7.23. The minimum atomic E-state index is -4.82. The summed E-state index contributed by atoms with van der Waals surface area (Å²) in [6, 6.07) is 2.28. The molecule has 0 aliphatic rings. The lowest BCUT2D eigenvalue weighted by Crippen LogP contribution is -2.26. The molecule has 0 fully saturated rings. The molecule has 2 aromatic heterocycles. The fraction of sp³-hybridized carbons (Fsp3) is 0.235. The molecule has 0 saturated heterocycles. The van der Waals surface area contributed by atoms with E-state index < -0.39 is 28.5 Å². The monoisotopic (exact) mass is 413 g/mol. The fourth-order valence-electron chi connectivity index (χ4n) is 2.72.